The molecule has 0 unspecified atom stereocenters. The molecule has 1 N–H and O–H groups in total. The van der Waals surface area contributed by atoms with Gasteiger partial charge < -0.3 is 19.5 Å². The molecule has 1 aliphatic heterocycles. The summed E-state index contributed by atoms with van der Waals surface area (Å²) in [5.74, 6) is 1.37. The number of carbonyl (C=O) groups is 1. The first-order valence-corrected chi connectivity index (χ1v) is 8.20. The molecule has 6 nitrogen and oxygen atoms in total. The fraction of sp³-hybridized carbons (Fsp3) is 0.588. The van der Waals surface area contributed by atoms with Gasteiger partial charge in [0, 0.05) is 19.6 Å². The van der Waals surface area contributed by atoms with E-state index < -0.39 is 0 Å². The fourth-order valence-electron chi connectivity index (χ4n) is 2.35. The number of nitrogens with zero attached hydrogens (tertiary/aromatic N) is 1. The van der Waals surface area contributed by atoms with Crippen LogP contribution < -0.4 is 14.8 Å². The van der Waals surface area contributed by atoms with Crippen LogP contribution in [-0.4, -0.2) is 63.4 Å². The molecular formula is C17H26N2O4. The minimum absolute atomic E-state index is 0.0333. The Morgan fingerprint density at radius 2 is 1.83 bits per heavy atom. The Bertz CT molecular complexity index is 458. The summed E-state index contributed by atoms with van der Waals surface area (Å²) in [6, 6.07) is 7.27. The van der Waals surface area contributed by atoms with Gasteiger partial charge in [-0.2, -0.15) is 0 Å². The second-order valence-electron chi connectivity index (χ2n) is 5.35. The quantitative estimate of drug-likeness (QED) is 0.695. The molecular weight excluding hydrogens is 296 g/mol. The minimum Gasteiger partial charge on any atom is -0.494 e. The summed E-state index contributed by atoms with van der Waals surface area (Å²) in [5.41, 5.74) is 0. The van der Waals surface area contributed by atoms with Crippen LogP contribution in [0.15, 0.2) is 24.3 Å². The summed E-state index contributed by atoms with van der Waals surface area (Å²) < 4.78 is 16.1. The summed E-state index contributed by atoms with van der Waals surface area (Å²) in [6.07, 6.45) is 0.939. The van der Waals surface area contributed by atoms with Crippen LogP contribution in [0, 0.1) is 0 Å². The van der Waals surface area contributed by atoms with Gasteiger partial charge in [0.15, 0.2) is 6.61 Å². The van der Waals surface area contributed by atoms with Gasteiger partial charge in [-0.15, -0.1) is 0 Å². The Morgan fingerprint density at radius 3 is 2.48 bits per heavy atom. The number of ether oxygens (including phenoxy) is 3. The SMILES string of the molecule is CCOc1ccc(OCC(=O)NCCCN2CCOCC2)cc1. The molecule has 0 spiro atoms. The van der Waals surface area contributed by atoms with Gasteiger partial charge in [-0.3, -0.25) is 9.69 Å². The first-order chi connectivity index (χ1) is 11.3. The fourth-order valence-corrected chi connectivity index (χ4v) is 2.35. The van der Waals surface area contributed by atoms with Crippen molar-refractivity contribution in [2.45, 2.75) is 13.3 Å². The van der Waals surface area contributed by atoms with Crippen LogP contribution in [0.1, 0.15) is 13.3 Å². The maximum Gasteiger partial charge on any atom is 0.257 e. The van der Waals surface area contributed by atoms with Gasteiger partial charge >= 0.3 is 0 Å². The lowest BCUT2D eigenvalue weighted by Crippen LogP contribution is -2.38. The molecule has 0 aliphatic carbocycles. The summed E-state index contributed by atoms with van der Waals surface area (Å²) in [6.45, 7) is 7.84. The van der Waals surface area contributed by atoms with Gasteiger partial charge in [-0.1, -0.05) is 0 Å². The van der Waals surface area contributed by atoms with Crippen molar-refractivity contribution in [2.24, 2.45) is 0 Å². The van der Waals surface area contributed by atoms with Crippen LogP contribution in [0.4, 0.5) is 0 Å². The molecule has 128 valence electrons. The lowest BCUT2D eigenvalue weighted by molar-refractivity contribution is -0.123. The van der Waals surface area contributed by atoms with Gasteiger partial charge in [0.25, 0.3) is 5.91 Å². The van der Waals surface area contributed by atoms with Crippen molar-refractivity contribution in [1.82, 2.24) is 10.2 Å². The Morgan fingerprint density at radius 1 is 1.17 bits per heavy atom. The first kappa shape index (κ1) is 17.6. The van der Waals surface area contributed by atoms with Crippen molar-refractivity contribution < 1.29 is 19.0 Å². The van der Waals surface area contributed by atoms with Crippen LogP contribution in [0.3, 0.4) is 0 Å². The van der Waals surface area contributed by atoms with E-state index >= 15 is 0 Å². The Labute approximate surface area is 137 Å². The molecule has 0 aromatic heterocycles. The molecule has 1 amide bonds. The second kappa shape index (κ2) is 10.1. The van der Waals surface area contributed by atoms with Crippen molar-refractivity contribution in [3.8, 4) is 11.5 Å². The number of nitrogens with one attached hydrogen (secondary N) is 1. The van der Waals surface area contributed by atoms with E-state index in [0.717, 1.165) is 45.0 Å². The van der Waals surface area contributed by atoms with Crippen LogP contribution in [-0.2, 0) is 9.53 Å². The average molecular weight is 322 g/mol. The summed E-state index contributed by atoms with van der Waals surface area (Å²) in [5, 5.41) is 2.88. The van der Waals surface area contributed by atoms with Crippen LogP contribution in [0.5, 0.6) is 11.5 Å². The smallest absolute Gasteiger partial charge is 0.257 e. The van der Waals surface area contributed by atoms with Gasteiger partial charge in [-0.25, -0.2) is 0 Å². The maximum atomic E-state index is 11.7. The summed E-state index contributed by atoms with van der Waals surface area (Å²) in [4.78, 5) is 14.1. The largest absolute Gasteiger partial charge is 0.494 e. The average Bonchev–Trinajstić information content (AvgIpc) is 2.59. The Kier molecular flexibility index (Phi) is 7.69. The van der Waals surface area contributed by atoms with Crippen LogP contribution in [0.2, 0.25) is 0 Å². The monoisotopic (exact) mass is 322 g/mol. The van der Waals surface area contributed by atoms with E-state index in [1.165, 1.54) is 0 Å². The maximum absolute atomic E-state index is 11.7. The summed E-state index contributed by atoms with van der Waals surface area (Å²) in [7, 11) is 0. The third-order valence-corrected chi connectivity index (χ3v) is 3.58. The molecule has 1 aromatic rings. The van der Waals surface area contributed by atoms with Crippen LogP contribution >= 0.6 is 0 Å². The van der Waals surface area contributed by atoms with E-state index in [1.54, 1.807) is 12.1 Å². The molecule has 0 bridgehead atoms. The second-order valence-corrected chi connectivity index (χ2v) is 5.35. The molecule has 1 aliphatic rings. The first-order valence-electron chi connectivity index (χ1n) is 8.20. The number of hydrogen-bond donors (Lipinski definition) is 1. The minimum atomic E-state index is -0.0964. The molecule has 6 heteroatoms. The van der Waals surface area contributed by atoms with E-state index in [1.807, 2.05) is 19.1 Å². The molecule has 1 heterocycles. The predicted molar refractivity (Wildman–Crippen MR) is 88.0 cm³/mol. The molecule has 1 fully saturated rings. The van der Waals surface area contributed by atoms with Crippen molar-refractivity contribution in [2.75, 3.05) is 52.6 Å². The zero-order valence-corrected chi connectivity index (χ0v) is 13.8. The number of rotatable bonds is 9. The Hall–Kier alpha value is -1.79. The van der Waals surface area contributed by atoms with Crippen molar-refractivity contribution >= 4 is 5.91 Å². The number of carbonyl (C=O) groups excluding carboxylic acids is 1. The van der Waals surface area contributed by atoms with Crippen molar-refractivity contribution in [3.05, 3.63) is 24.3 Å². The highest BCUT2D eigenvalue weighted by Crippen LogP contribution is 2.17. The zero-order chi connectivity index (χ0) is 16.3. The summed E-state index contributed by atoms with van der Waals surface area (Å²) >= 11 is 0. The number of hydrogen-bond acceptors (Lipinski definition) is 5. The van der Waals surface area contributed by atoms with Gasteiger partial charge in [0.05, 0.1) is 19.8 Å². The molecule has 2 rings (SSSR count). The molecule has 0 radical (unpaired) electrons. The van der Waals surface area contributed by atoms with Crippen LogP contribution in [0.25, 0.3) is 0 Å². The molecule has 0 saturated carbocycles. The zero-order valence-electron chi connectivity index (χ0n) is 13.8. The van der Waals surface area contributed by atoms with Gasteiger partial charge in [0.1, 0.15) is 11.5 Å². The topological polar surface area (TPSA) is 60.0 Å². The highest BCUT2D eigenvalue weighted by Gasteiger charge is 2.09. The lowest BCUT2D eigenvalue weighted by atomic mass is 10.3. The highest BCUT2D eigenvalue weighted by atomic mass is 16.5. The molecule has 1 aromatic carbocycles. The van der Waals surface area contributed by atoms with E-state index in [-0.39, 0.29) is 12.5 Å². The van der Waals surface area contributed by atoms with E-state index in [0.29, 0.717) is 18.9 Å². The number of morpholine rings is 1. The van der Waals surface area contributed by atoms with E-state index in [4.69, 9.17) is 14.2 Å². The molecule has 0 atom stereocenters. The molecule has 1 saturated heterocycles. The normalized spacial score (nSPS) is 15.2. The number of benzene rings is 1. The highest BCUT2D eigenvalue weighted by molar-refractivity contribution is 5.77. The standard InChI is InChI=1S/C17H26N2O4/c1-2-22-15-4-6-16(7-5-15)23-14-17(20)18-8-3-9-19-10-12-21-13-11-19/h4-7H,2-3,8-14H2,1H3,(H,18,20). The lowest BCUT2D eigenvalue weighted by Gasteiger charge is -2.26. The predicted octanol–water partition coefficient (Wildman–Crippen LogP) is 1.30. The van der Waals surface area contributed by atoms with Gasteiger partial charge in [-0.05, 0) is 44.2 Å². The van der Waals surface area contributed by atoms with E-state index in [2.05, 4.69) is 10.2 Å². The van der Waals surface area contributed by atoms with E-state index in [9.17, 15) is 4.79 Å². The number of amides is 1. The van der Waals surface area contributed by atoms with Crippen molar-refractivity contribution in [3.63, 3.8) is 0 Å². The van der Waals surface area contributed by atoms with Crippen molar-refractivity contribution in [1.29, 1.82) is 0 Å². The molecule has 23 heavy (non-hydrogen) atoms. The third-order valence-electron chi connectivity index (χ3n) is 3.58. The third kappa shape index (κ3) is 6.88. The van der Waals surface area contributed by atoms with Gasteiger partial charge in [0.2, 0.25) is 0 Å². The Balaban J connectivity index is 1.55.